The van der Waals surface area contributed by atoms with Crippen molar-refractivity contribution in [3.05, 3.63) is 36.7 Å². The van der Waals surface area contributed by atoms with Crippen molar-refractivity contribution in [3.8, 4) is 22.9 Å². The van der Waals surface area contributed by atoms with Crippen LogP contribution in [0.5, 0.6) is 11.5 Å². The summed E-state index contributed by atoms with van der Waals surface area (Å²) in [5, 5.41) is 0. The van der Waals surface area contributed by atoms with Crippen molar-refractivity contribution in [2.45, 2.75) is 71.8 Å². The van der Waals surface area contributed by atoms with E-state index in [1.165, 1.54) is 32.1 Å². The highest BCUT2D eigenvalue weighted by Gasteiger charge is 2.05. The number of nitrogens with zero attached hydrogens (tertiary/aromatic N) is 2. The van der Waals surface area contributed by atoms with Gasteiger partial charge in [0, 0.05) is 18.6 Å². The van der Waals surface area contributed by atoms with Crippen molar-refractivity contribution in [2.24, 2.45) is 0 Å². The Morgan fingerprint density at radius 3 is 2.14 bits per heavy atom. The number of benzene rings is 1. The molecule has 1 aromatic carbocycles. The SMILES string of the molecule is CCCCCCCCOc1cnc(-c2ccc(OCCC(C)OCC)cc2)nc1. The second-order valence-corrected chi connectivity index (χ2v) is 7.29. The molecule has 0 spiro atoms. The maximum Gasteiger partial charge on any atom is 0.159 e. The molecule has 0 amide bonds. The summed E-state index contributed by atoms with van der Waals surface area (Å²) in [6, 6.07) is 7.86. The van der Waals surface area contributed by atoms with Crippen LogP contribution in [0, 0.1) is 0 Å². The highest BCUT2D eigenvalue weighted by atomic mass is 16.5. The minimum absolute atomic E-state index is 0.217. The predicted molar refractivity (Wildman–Crippen MR) is 118 cm³/mol. The number of hydrogen-bond acceptors (Lipinski definition) is 5. The monoisotopic (exact) mass is 400 g/mol. The van der Waals surface area contributed by atoms with Crippen LogP contribution in [0.2, 0.25) is 0 Å². The predicted octanol–water partition coefficient (Wildman–Crippen LogP) is 6.08. The molecule has 1 atom stereocenters. The van der Waals surface area contributed by atoms with Crippen LogP contribution in [0.3, 0.4) is 0 Å². The number of unbranched alkanes of at least 4 members (excludes halogenated alkanes) is 5. The van der Waals surface area contributed by atoms with Gasteiger partial charge < -0.3 is 14.2 Å². The van der Waals surface area contributed by atoms with Gasteiger partial charge in [0.05, 0.1) is 31.7 Å². The standard InChI is InChI=1S/C24H36N2O3/c1-4-6-7-8-9-10-16-28-23-18-25-24(26-19-23)21-11-13-22(14-12-21)29-17-15-20(3)27-5-2/h11-14,18-20H,4-10,15-17H2,1-3H3. The minimum Gasteiger partial charge on any atom is -0.493 e. The Morgan fingerprint density at radius 1 is 0.793 bits per heavy atom. The van der Waals surface area contributed by atoms with E-state index < -0.39 is 0 Å². The summed E-state index contributed by atoms with van der Waals surface area (Å²) in [6.45, 7) is 8.41. The summed E-state index contributed by atoms with van der Waals surface area (Å²) in [7, 11) is 0. The van der Waals surface area contributed by atoms with Gasteiger partial charge in [-0.2, -0.15) is 0 Å². The van der Waals surface area contributed by atoms with Crippen molar-refractivity contribution in [1.29, 1.82) is 0 Å². The maximum absolute atomic E-state index is 5.78. The van der Waals surface area contributed by atoms with Crippen LogP contribution in [0.15, 0.2) is 36.7 Å². The summed E-state index contributed by atoms with van der Waals surface area (Å²) in [5.41, 5.74) is 0.961. The van der Waals surface area contributed by atoms with Gasteiger partial charge in [-0.3, -0.25) is 0 Å². The van der Waals surface area contributed by atoms with E-state index in [0.717, 1.165) is 43.1 Å². The van der Waals surface area contributed by atoms with E-state index in [0.29, 0.717) is 12.4 Å². The number of hydrogen-bond donors (Lipinski definition) is 0. The maximum atomic E-state index is 5.78. The molecule has 0 N–H and O–H groups in total. The van der Waals surface area contributed by atoms with E-state index in [1.54, 1.807) is 12.4 Å². The average Bonchev–Trinajstić information content (AvgIpc) is 2.74. The molecule has 0 saturated heterocycles. The van der Waals surface area contributed by atoms with Crippen LogP contribution in [-0.2, 0) is 4.74 Å². The Bertz CT molecular complexity index is 659. The highest BCUT2D eigenvalue weighted by molar-refractivity contribution is 5.56. The lowest BCUT2D eigenvalue weighted by molar-refractivity contribution is 0.0596. The lowest BCUT2D eigenvalue weighted by atomic mass is 10.1. The molecular formula is C24H36N2O3. The van der Waals surface area contributed by atoms with Crippen molar-refractivity contribution < 1.29 is 14.2 Å². The van der Waals surface area contributed by atoms with Crippen molar-refractivity contribution in [3.63, 3.8) is 0 Å². The van der Waals surface area contributed by atoms with Crippen molar-refractivity contribution >= 4 is 0 Å². The first kappa shape index (κ1) is 23.1. The summed E-state index contributed by atoms with van der Waals surface area (Å²) in [6.07, 6.45) is 12.1. The third-order valence-electron chi connectivity index (χ3n) is 4.75. The second-order valence-electron chi connectivity index (χ2n) is 7.29. The molecule has 2 rings (SSSR count). The van der Waals surface area contributed by atoms with Crippen molar-refractivity contribution in [1.82, 2.24) is 9.97 Å². The molecule has 0 bridgehead atoms. The molecule has 2 aromatic rings. The van der Waals surface area contributed by atoms with Gasteiger partial charge in [-0.25, -0.2) is 9.97 Å². The molecule has 5 nitrogen and oxygen atoms in total. The molecule has 29 heavy (non-hydrogen) atoms. The Balaban J connectivity index is 1.72. The number of rotatable bonds is 15. The minimum atomic E-state index is 0.217. The molecule has 0 saturated carbocycles. The zero-order valence-corrected chi connectivity index (χ0v) is 18.2. The molecule has 0 radical (unpaired) electrons. The molecule has 0 aliphatic heterocycles. The lowest BCUT2D eigenvalue weighted by Gasteiger charge is -2.12. The lowest BCUT2D eigenvalue weighted by Crippen LogP contribution is -2.12. The van der Waals surface area contributed by atoms with E-state index in [4.69, 9.17) is 14.2 Å². The van der Waals surface area contributed by atoms with E-state index in [9.17, 15) is 0 Å². The van der Waals surface area contributed by atoms with Gasteiger partial charge in [0.2, 0.25) is 0 Å². The Morgan fingerprint density at radius 2 is 1.45 bits per heavy atom. The van der Waals surface area contributed by atoms with Crippen LogP contribution < -0.4 is 9.47 Å². The van der Waals surface area contributed by atoms with Crippen LogP contribution in [0.1, 0.15) is 65.7 Å². The quantitative estimate of drug-likeness (QED) is 0.339. The fraction of sp³-hybridized carbons (Fsp3) is 0.583. The Kier molecular flexibility index (Phi) is 11.1. The molecule has 160 valence electrons. The first-order valence-corrected chi connectivity index (χ1v) is 11.0. The normalized spacial score (nSPS) is 12.0. The van der Waals surface area contributed by atoms with E-state index in [2.05, 4.69) is 23.8 Å². The summed E-state index contributed by atoms with van der Waals surface area (Å²) in [5.74, 6) is 2.26. The Labute approximate surface area is 175 Å². The smallest absolute Gasteiger partial charge is 0.159 e. The van der Waals surface area contributed by atoms with Gasteiger partial charge in [-0.1, -0.05) is 39.0 Å². The summed E-state index contributed by atoms with van der Waals surface area (Å²) >= 11 is 0. The van der Waals surface area contributed by atoms with Gasteiger partial charge in [-0.15, -0.1) is 0 Å². The fourth-order valence-electron chi connectivity index (χ4n) is 3.02. The van der Waals surface area contributed by atoms with Gasteiger partial charge in [0.1, 0.15) is 5.75 Å². The largest absolute Gasteiger partial charge is 0.493 e. The van der Waals surface area contributed by atoms with Crippen LogP contribution in [0.4, 0.5) is 0 Å². The summed E-state index contributed by atoms with van der Waals surface area (Å²) < 4.78 is 17.0. The van der Waals surface area contributed by atoms with E-state index in [1.807, 2.05) is 31.2 Å². The third kappa shape index (κ3) is 9.27. The molecule has 0 aliphatic carbocycles. The van der Waals surface area contributed by atoms with Crippen molar-refractivity contribution in [2.75, 3.05) is 19.8 Å². The first-order valence-electron chi connectivity index (χ1n) is 11.0. The first-order chi connectivity index (χ1) is 14.2. The van der Waals surface area contributed by atoms with E-state index >= 15 is 0 Å². The molecular weight excluding hydrogens is 364 g/mol. The summed E-state index contributed by atoms with van der Waals surface area (Å²) in [4.78, 5) is 8.86. The van der Waals surface area contributed by atoms with Gasteiger partial charge in [-0.05, 0) is 44.5 Å². The van der Waals surface area contributed by atoms with Gasteiger partial charge in [0.15, 0.2) is 11.6 Å². The highest BCUT2D eigenvalue weighted by Crippen LogP contribution is 2.21. The number of ether oxygens (including phenoxy) is 3. The molecule has 1 heterocycles. The van der Waals surface area contributed by atoms with Crippen LogP contribution in [-0.4, -0.2) is 35.9 Å². The molecule has 0 fully saturated rings. The fourth-order valence-corrected chi connectivity index (χ4v) is 3.02. The third-order valence-corrected chi connectivity index (χ3v) is 4.75. The molecule has 0 aliphatic rings. The number of aromatic nitrogens is 2. The molecule has 1 aromatic heterocycles. The van der Waals surface area contributed by atoms with Crippen LogP contribution >= 0.6 is 0 Å². The van der Waals surface area contributed by atoms with E-state index in [-0.39, 0.29) is 6.10 Å². The second kappa shape index (κ2) is 13.9. The molecule has 5 heteroatoms. The van der Waals surface area contributed by atoms with Gasteiger partial charge in [0.25, 0.3) is 0 Å². The zero-order chi connectivity index (χ0) is 20.7. The average molecular weight is 401 g/mol. The zero-order valence-electron chi connectivity index (χ0n) is 18.2. The molecule has 1 unspecified atom stereocenters. The Hall–Kier alpha value is -2.14. The topological polar surface area (TPSA) is 53.5 Å². The van der Waals surface area contributed by atoms with Gasteiger partial charge >= 0.3 is 0 Å². The van der Waals surface area contributed by atoms with Crippen LogP contribution in [0.25, 0.3) is 11.4 Å².